The van der Waals surface area contributed by atoms with Crippen LogP contribution < -0.4 is 10.9 Å². The Balaban J connectivity index is 1.44. The predicted octanol–water partition coefficient (Wildman–Crippen LogP) is 2.42. The topological polar surface area (TPSA) is 129 Å². The molecule has 180 valence electrons. The van der Waals surface area contributed by atoms with Crippen LogP contribution in [-0.2, 0) is 16.1 Å². The average molecular weight is 485 g/mol. The number of carbonyl (C=O) groups is 2. The zero-order valence-corrected chi connectivity index (χ0v) is 20.1. The summed E-state index contributed by atoms with van der Waals surface area (Å²) in [7, 11) is 0. The molecule has 0 saturated carbocycles. The Hall–Kier alpha value is -3.24. The summed E-state index contributed by atoms with van der Waals surface area (Å²) < 4.78 is 5.19. The number of likely N-dealkylation sites (tertiary alicyclic amines) is 1. The van der Waals surface area contributed by atoms with Crippen LogP contribution in [0.1, 0.15) is 43.2 Å². The number of thiazole rings is 1. The molecule has 0 radical (unpaired) electrons. The van der Waals surface area contributed by atoms with Crippen LogP contribution in [0.4, 0.5) is 0 Å². The van der Waals surface area contributed by atoms with Gasteiger partial charge in [0.2, 0.25) is 11.8 Å². The quantitative estimate of drug-likeness (QED) is 0.472. The smallest absolute Gasteiger partial charge is 0.280 e. The number of amides is 2. The Morgan fingerprint density at radius 2 is 2.06 bits per heavy atom. The van der Waals surface area contributed by atoms with Gasteiger partial charge in [-0.05, 0) is 24.0 Å². The lowest BCUT2D eigenvalue weighted by atomic mass is 9.91. The van der Waals surface area contributed by atoms with Gasteiger partial charge in [0.05, 0.1) is 22.2 Å². The molecule has 1 aromatic carbocycles. The standard InChI is InChI=1S/C24H28N4O5S/c1-13(2)21(19-9-20(30)27-33-19)24(32)28-11-17(29)8-18(28)23(31)25-10-15-4-6-16(7-5-15)22-14(3)26-12-34-22/h4-7,9,12-13,17-18,21,29H,8,10-11H2,1-3H3,(H,25,31)(H,27,30)/t17-,18+,21?/m1/s1. The minimum atomic E-state index is -0.798. The minimum Gasteiger partial charge on any atom is -0.391 e. The van der Waals surface area contributed by atoms with Crippen molar-refractivity contribution in [1.29, 1.82) is 0 Å². The van der Waals surface area contributed by atoms with Crippen LogP contribution in [-0.4, -0.2) is 50.7 Å². The fourth-order valence-corrected chi connectivity index (χ4v) is 5.14. The van der Waals surface area contributed by atoms with Gasteiger partial charge in [-0.15, -0.1) is 11.3 Å². The van der Waals surface area contributed by atoms with Crippen LogP contribution in [0.5, 0.6) is 0 Å². The average Bonchev–Trinajstić information content (AvgIpc) is 3.52. The number of H-pyrrole nitrogens is 1. The summed E-state index contributed by atoms with van der Waals surface area (Å²) >= 11 is 1.58. The predicted molar refractivity (Wildman–Crippen MR) is 127 cm³/mol. The number of carbonyl (C=O) groups excluding carboxylic acids is 2. The monoisotopic (exact) mass is 484 g/mol. The molecule has 0 aliphatic carbocycles. The van der Waals surface area contributed by atoms with E-state index in [1.165, 1.54) is 11.0 Å². The summed E-state index contributed by atoms with van der Waals surface area (Å²) in [5, 5.41) is 15.3. The normalized spacial score (nSPS) is 18.9. The van der Waals surface area contributed by atoms with Gasteiger partial charge in [0, 0.05) is 25.6 Å². The molecule has 10 heteroatoms. The van der Waals surface area contributed by atoms with Gasteiger partial charge in [-0.3, -0.25) is 14.4 Å². The number of benzene rings is 1. The van der Waals surface area contributed by atoms with E-state index in [1.807, 2.05) is 50.5 Å². The molecule has 3 aromatic rings. The number of nitrogens with zero attached hydrogens (tertiary/aromatic N) is 2. The highest BCUT2D eigenvalue weighted by Gasteiger charge is 2.43. The molecule has 1 fully saturated rings. The number of β-amino-alcohol motifs (C(OH)–C–C–N with tert-alkyl or cyclic N) is 1. The van der Waals surface area contributed by atoms with Gasteiger partial charge in [-0.1, -0.05) is 38.1 Å². The van der Waals surface area contributed by atoms with Crippen molar-refractivity contribution in [3.8, 4) is 10.4 Å². The molecule has 1 unspecified atom stereocenters. The fraction of sp³-hybridized carbons (Fsp3) is 0.417. The lowest BCUT2D eigenvalue weighted by Gasteiger charge is -2.28. The van der Waals surface area contributed by atoms with Gasteiger partial charge in [0.15, 0.2) is 5.76 Å². The lowest BCUT2D eigenvalue weighted by Crippen LogP contribution is -2.48. The van der Waals surface area contributed by atoms with Gasteiger partial charge in [0.1, 0.15) is 12.0 Å². The highest BCUT2D eigenvalue weighted by Crippen LogP contribution is 2.30. The number of aromatic nitrogens is 2. The molecule has 2 aromatic heterocycles. The Kier molecular flexibility index (Phi) is 6.99. The molecule has 0 spiro atoms. The zero-order valence-electron chi connectivity index (χ0n) is 19.3. The van der Waals surface area contributed by atoms with E-state index in [-0.39, 0.29) is 36.5 Å². The maximum absolute atomic E-state index is 13.4. The summed E-state index contributed by atoms with van der Waals surface area (Å²) in [5.41, 5.74) is 4.36. The second-order valence-electron chi connectivity index (χ2n) is 8.91. The van der Waals surface area contributed by atoms with E-state index in [1.54, 1.807) is 11.3 Å². The third-order valence-electron chi connectivity index (χ3n) is 6.08. The number of aryl methyl sites for hydroxylation is 1. The number of rotatable bonds is 7. The largest absolute Gasteiger partial charge is 0.391 e. The summed E-state index contributed by atoms with van der Waals surface area (Å²) in [6.07, 6.45) is -0.643. The van der Waals surface area contributed by atoms with Gasteiger partial charge < -0.3 is 19.8 Å². The highest BCUT2D eigenvalue weighted by molar-refractivity contribution is 7.13. The summed E-state index contributed by atoms with van der Waals surface area (Å²) in [5.74, 6) is -1.36. The summed E-state index contributed by atoms with van der Waals surface area (Å²) in [6, 6.07) is 8.34. The number of hydrogen-bond acceptors (Lipinski definition) is 7. The van der Waals surface area contributed by atoms with E-state index in [4.69, 9.17) is 4.52 Å². The molecule has 1 saturated heterocycles. The SMILES string of the molecule is Cc1ncsc1-c1ccc(CNC(=O)[C@@H]2C[C@@H](O)CN2C(=O)C(c2cc(=O)[nH]o2)C(C)C)cc1. The molecule has 4 rings (SSSR count). The first-order valence-corrected chi connectivity index (χ1v) is 12.1. The van der Waals surface area contributed by atoms with Crippen LogP contribution in [0, 0.1) is 12.8 Å². The minimum absolute atomic E-state index is 0.0533. The van der Waals surface area contributed by atoms with Crippen molar-refractivity contribution in [2.45, 2.75) is 51.8 Å². The van der Waals surface area contributed by atoms with E-state index < -0.39 is 23.6 Å². The Labute approximate surface area is 200 Å². The van der Waals surface area contributed by atoms with Crippen LogP contribution in [0.25, 0.3) is 10.4 Å². The number of aliphatic hydroxyl groups is 1. The van der Waals surface area contributed by atoms with Gasteiger partial charge in [-0.25, -0.2) is 4.98 Å². The van der Waals surface area contributed by atoms with Gasteiger partial charge in [-0.2, -0.15) is 5.16 Å². The van der Waals surface area contributed by atoms with E-state index in [9.17, 15) is 19.5 Å². The molecule has 1 aliphatic rings. The van der Waals surface area contributed by atoms with E-state index in [0.717, 1.165) is 21.7 Å². The van der Waals surface area contributed by atoms with E-state index in [0.29, 0.717) is 6.54 Å². The maximum Gasteiger partial charge on any atom is 0.280 e. The van der Waals surface area contributed by atoms with Crippen molar-refractivity contribution in [2.24, 2.45) is 5.92 Å². The molecule has 3 N–H and O–H groups in total. The van der Waals surface area contributed by atoms with Crippen molar-refractivity contribution in [3.63, 3.8) is 0 Å². The Morgan fingerprint density at radius 3 is 2.65 bits per heavy atom. The van der Waals surface area contributed by atoms with Gasteiger partial charge in [0.25, 0.3) is 5.56 Å². The second kappa shape index (κ2) is 9.94. The first-order valence-electron chi connectivity index (χ1n) is 11.2. The molecule has 1 aliphatic heterocycles. The van der Waals surface area contributed by atoms with Crippen molar-refractivity contribution in [2.75, 3.05) is 6.54 Å². The molecule has 2 amide bonds. The number of hydrogen-bond donors (Lipinski definition) is 3. The third-order valence-corrected chi connectivity index (χ3v) is 7.05. The molecule has 0 bridgehead atoms. The number of aliphatic hydroxyl groups excluding tert-OH is 1. The van der Waals surface area contributed by atoms with Crippen molar-refractivity contribution in [3.05, 3.63) is 63.2 Å². The molecular formula is C24H28N4O5S. The number of nitrogens with one attached hydrogen (secondary N) is 2. The molecule has 3 atom stereocenters. The second-order valence-corrected chi connectivity index (χ2v) is 9.77. The summed E-state index contributed by atoms with van der Waals surface area (Å²) in [4.78, 5) is 44.7. The molecule has 34 heavy (non-hydrogen) atoms. The van der Waals surface area contributed by atoms with Crippen molar-refractivity contribution >= 4 is 23.2 Å². The number of aromatic amines is 1. The summed E-state index contributed by atoms with van der Waals surface area (Å²) in [6.45, 7) is 6.01. The van der Waals surface area contributed by atoms with Gasteiger partial charge >= 0.3 is 0 Å². The highest BCUT2D eigenvalue weighted by atomic mass is 32.1. The third kappa shape index (κ3) is 4.97. The molecular weight excluding hydrogens is 456 g/mol. The fourth-order valence-electron chi connectivity index (χ4n) is 4.33. The Bertz CT molecular complexity index is 1210. The first kappa shape index (κ1) is 23.9. The van der Waals surface area contributed by atoms with Crippen molar-refractivity contribution < 1.29 is 19.2 Å². The lowest BCUT2D eigenvalue weighted by molar-refractivity contribution is -0.141. The van der Waals surface area contributed by atoms with E-state index in [2.05, 4.69) is 15.5 Å². The molecule has 3 heterocycles. The first-order chi connectivity index (χ1) is 16.2. The van der Waals surface area contributed by atoms with Crippen LogP contribution in [0.15, 0.2) is 45.2 Å². The maximum atomic E-state index is 13.4. The zero-order chi connectivity index (χ0) is 24.4. The molecule has 9 nitrogen and oxygen atoms in total. The van der Waals surface area contributed by atoms with Crippen molar-refractivity contribution in [1.82, 2.24) is 20.4 Å². The van der Waals surface area contributed by atoms with Crippen LogP contribution in [0.2, 0.25) is 0 Å². The van der Waals surface area contributed by atoms with E-state index >= 15 is 0 Å². The Morgan fingerprint density at radius 1 is 1.32 bits per heavy atom. The van der Waals surface area contributed by atoms with Crippen LogP contribution >= 0.6 is 11.3 Å². The van der Waals surface area contributed by atoms with Crippen LogP contribution in [0.3, 0.4) is 0 Å².